The number of rotatable bonds is 4. The fourth-order valence-electron chi connectivity index (χ4n) is 2.78. The summed E-state index contributed by atoms with van der Waals surface area (Å²) in [5.41, 5.74) is 6.19. The smallest absolute Gasteiger partial charge is 0.126 e. The first-order chi connectivity index (χ1) is 8.63. The lowest BCUT2D eigenvalue weighted by Crippen LogP contribution is -2.42. The molecule has 4 heteroatoms. The Labute approximate surface area is 109 Å². The number of pyridine rings is 1. The number of nitrogen functional groups attached to an aromatic ring is 1. The lowest BCUT2D eigenvalue weighted by Gasteiger charge is -2.36. The monoisotopic (exact) mass is 249 g/mol. The van der Waals surface area contributed by atoms with E-state index in [9.17, 15) is 5.11 Å². The fourth-order valence-corrected chi connectivity index (χ4v) is 2.78. The Bertz CT molecular complexity index is 386. The van der Waals surface area contributed by atoms with Crippen molar-refractivity contribution in [1.82, 2.24) is 10.3 Å². The van der Waals surface area contributed by atoms with Crippen LogP contribution in [0, 0.1) is 0 Å². The molecule has 100 valence electrons. The van der Waals surface area contributed by atoms with Gasteiger partial charge in [-0.05, 0) is 43.9 Å². The predicted octanol–water partition coefficient (Wildman–Crippen LogP) is 1.49. The highest BCUT2D eigenvalue weighted by atomic mass is 16.3. The summed E-state index contributed by atoms with van der Waals surface area (Å²) in [5, 5.41) is 14.1. The standard InChI is InChI=1S/C14H23N3O/c1-2-16-12-5-7-14(18,8-6-12)10-11-4-3-9-17-13(11)15/h3-4,9,12,16,18H,2,5-8,10H2,1H3,(H2,15,17). The second-order valence-corrected chi connectivity index (χ2v) is 5.28. The summed E-state index contributed by atoms with van der Waals surface area (Å²) >= 11 is 0. The first-order valence-corrected chi connectivity index (χ1v) is 6.78. The molecule has 1 saturated carbocycles. The van der Waals surface area contributed by atoms with Gasteiger partial charge in [0.2, 0.25) is 0 Å². The predicted molar refractivity (Wildman–Crippen MR) is 73.2 cm³/mol. The van der Waals surface area contributed by atoms with E-state index in [-0.39, 0.29) is 0 Å². The molecule has 0 unspecified atom stereocenters. The van der Waals surface area contributed by atoms with Crippen molar-refractivity contribution in [3.63, 3.8) is 0 Å². The summed E-state index contributed by atoms with van der Waals surface area (Å²) in [6, 6.07) is 4.39. The Morgan fingerprint density at radius 1 is 1.50 bits per heavy atom. The van der Waals surface area contributed by atoms with E-state index in [2.05, 4.69) is 17.2 Å². The minimum absolute atomic E-state index is 0.541. The third-order valence-corrected chi connectivity index (χ3v) is 3.85. The van der Waals surface area contributed by atoms with Crippen molar-refractivity contribution >= 4 is 5.82 Å². The highest BCUT2D eigenvalue weighted by Crippen LogP contribution is 2.32. The Hall–Kier alpha value is -1.13. The molecule has 0 amide bonds. The van der Waals surface area contributed by atoms with Gasteiger partial charge in [-0.3, -0.25) is 0 Å². The molecule has 4 nitrogen and oxygen atoms in total. The van der Waals surface area contributed by atoms with E-state index < -0.39 is 5.60 Å². The Morgan fingerprint density at radius 2 is 2.22 bits per heavy atom. The molecule has 1 aromatic rings. The molecule has 0 aliphatic heterocycles. The fraction of sp³-hybridized carbons (Fsp3) is 0.643. The molecule has 2 rings (SSSR count). The summed E-state index contributed by atoms with van der Waals surface area (Å²) < 4.78 is 0. The van der Waals surface area contributed by atoms with Gasteiger partial charge < -0.3 is 16.2 Å². The molecule has 4 N–H and O–H groups in total. The van der Waals surface area contributed by atoms with Crippen molar-refractivity contribution < 1.29 is 5.11 Å². The van der Waals surface area contributed by atoms with Crippen LogP contribution in [0.5, 0.6) is 0 Å². The summed E-state index contributed by atoms with van der Waals surface area (Å²) in [4.78, 5) is 4.07. The van der Waals surface area contributed by atoms with E-state index in [0.717, 1.165) is 37.8 Å². The van der Waals surface area contributed by atoms with Gasteiger partial charge in [0.05, 0.1) is 5.60 Å². The molecule has 1 aliphatic carbocycles. The van der Waals surface area contributed by atoms with Gasteiger partial charge in [0.1, 0.15) is 5.82 Å². The van der Waals surface area contributed by atoms with E-state index in [1.807, 2.05) is 12.1 Å². The van der Waals surface area contributed by atoms with Crippen LogP contribution in [-0.2, 0) is 6.42 Å². The van der Waals surface area contributed by atoms with Crippen molar-refractivity contribution in [1.29, 1.82) is 0 Å². The molecule has 0 saturated heterocycles. The molecule has 1 heterocycles. The number of nitrogens with two attached hydrogens (primary N) is 1. The quantitative estimate of drug-likeness (QED) is 0.756. The van der Waals surface area contributed by atoms with Crippen LogP contribution >= 0.6 is 0 Å². The van der Waals surface area contributed by atoms with Gasteiger partial charge in [-0.2, -0.15) is 0 Å². The van der Waals surface area contributed by atoms with Gasteiger partial charge in [0.15, 0.2) is 0 Å². The summed E-state index contributed by atoms with van der Waals surface area (Å²) in [5.74, 6) is 0.541. The number of nitrogens with zero attached hydrogens (tertiary/aromatic N) is 1. The highest BCUT2D eigenvalue weighted by molar-refractivity contribution is 5.39. The van der Waals surface area contributed by atoms with Gasteiger partial charge in [-0.15, -0.1) is 0 Å². The van der Waals surface area contributed by atoms with Crippen molar-refractivity contribution in [2.24, 2.45) is 0 Å². The third-order valence-electron chi connectivity index (χ3n) is 3.85. The van der Waals surface area contributed by atoms with Crippen LogP contribution in [0.25, 0.3) is 0 Å². The average molecular weight is 249 g/mol. The maximum Gasteiger partial charge on any atom is 0.126 e. The average Bonchev–Trinajstić information content (AvgIpc) is 2.36. The van der Waals surface area contributed by atoms with Crippen LogP contribution in [0.1, 0.15) is 38.2 Å². The van der Waals surface area contributed by atoms with Crippen LogP contribution in [0.3, 0.4) is 0 Å². The number of hydrogen-bond acceptors (Lipinski definition) is 4. The molecule has 18 heavy (non-hydrogen) atoms. The number of anilines is 1. The highest BCUT2D eigenvalue weighted by Gasteiger charge is 2.33. The number of aliphatic hydroxyl groups is 1. The third kappa shape index (κ3) is 3.21. The van der Waals surface area contributed by atoms with Gasteiger partial charge in [0, 0.05) is 18.7 Å². The van der Waals surface area contributed by atoms with Crippen LogP contribution in [0.2, 0.25) is 0 Å². The largest absolute Gasteiger partial charge is 0.390 e. The molecule has 0 aromatic carbocycles. The lowest BCUT2D eigenvalue weighted by atomic mass is 9.78. The molecule has 0 spiro atoms. The molecule has 1 fully saturated rings. The normalized spacial score (nSPS) is 28.2. The van der Waals surface area contributed by atoms with Gasteiger partial charge >= 0.3 is 0 Å². The minimum Gasteiger partial charge on any atom is -0.390 e. The van der Waals surface area contributed by atoms with Crippen molar-refractivity contribution in [3.05, 3.63) is 23.9 Å². The van der Waals surface area contributed by atoms with Crippen LogP contribution in [0.15, 0.2) is 18.3 Å². The van der Waals surface area contributed by atoms with Crippen molar-refractivity contribution in [3.8, 4) is 0 Å². The van der Waals surface area contributed by atoms with Gasteiger partial charge in [-0.25, -0.2) is 4.98 Å². The molecular weight excluding hydrogens is 226 g/mol. The molecular formula is C14H23N3O. The number of nitrogens with one attached hydrogen (secondary N) is 1. The van der Waals surface area contributed by atoms with Gasteiger partial charge in [-0.1, -0.05) is 13.0 Å². The zero-order chi connectivity index (χ0) is 13.0. The second-order valence-electron chi connectivity index (χ2n) is 5.28. The molecule has 0 atom stereocenters. The Morgan fingerprint density at radius 3 is 2.83 bits per heavy atom. The maximum absolute atomic E-state index is 10.6. The lowest BCUT2D eigenvalue weighted by molar-refractivity contribution is -0.00287. The first kappa shape index (κ1) is 13.3. The minimum atomic E-state index is -0.608. The summed E-state index contributed by atoms with van der Waals surface area (Å²) in [6.45, 7) is 3.12. The second kappa shape index (κ2) is 5.67. The Balaban J connectivity index is 1.96. The molecule has 0 bridgehead atoms. The van der Waals surface area contributed by atoms with Crippen LogP contribution < -0.4 is 11.1 Å². The zero-order valence-corrected chi connectivity index (χ0v) is 11.0. The topological polar surface area (TPSA) is 71.2 Å². The van der Waals surface area contributed by atoms with E-state index >= 15 is 0 Å². The van der Waals surface area contributed by atoms with Crippen LogP contribution in [-0.4, -0.2) is 28.3 Å². The summed E-state index contributed by atoms with van der Waals surface area (Å²) in [7, 11) is 0. The number of hydrogen-bond donors (Lipinski definition) is 3. The SMILES string of the molecule is CCNC1CCC(O)(Cc2cccnc2N)CC1. The van der Waals surface area contributed by atoms with E-state index in [1.54, 1.807) is 6.20 Å². The molecule has 1 aliphatic rings. The van der Waals surface area contributed by atoms with E-state index in [4.69, 9.17) is 5.73 Å². The molecule has 1 aromatic heterocycles. The van der Waals surface area contributed by atoms with Crippen LogP contribution in [0.4, 0.5) is 5.82 Å². The first-order valence-electron chi connectivity index (χ1n) is 6.78. The van der Waals surface area contributed by atoms with Crippen molar-refractivity contribution in [2.45, 2.75) is 50.7 Å². The van der Waals surface area contributed by atoms with E-state index in [0.29, 0.717) is 18.3 Å². The molecule has 0 radical (unpaired) electrons. The van der Waals surface area contributed by atoms with Gasteiger partial charge in [0.25, 0.3) is 0 Å². The van der Waals surface area contributed by atoms with E-state index in [1.165, 1.54) is 0 Å². The van der Waals surface area contributed by atoms with Crippen molar-refractivity contribution in [2.75, 3.05) is 12.3 Å². The maximum atomic E-state index is 10.6. The number of aromatic nitrogens is 1. The zero-order valence-electron chi connectivity index (χ0n) is 11.0. The Kier molecular flexibility index (Phi) is 4.19. The summed E-state index contributed by atoms with van der Waals surface area (Å²) in [6.07, 6.45) is 6.03.